The Kier molecular flexibility index (Phi) is 6.84. The fourth-order valence-corrected chi connectivity index (χ4v) is 4.22. The molecule has 0 aromatic heterocycles. The molecule has 102 valence electrons. The molecule has 0 bridgehead atoms. The van der Waals surface area contributed by atoms with Gasteiger partial charge in [0.1, 0.15) is 0 Å². The second kappa shape index (κ2) is 7.61. The zero-order valence-corrected chi connectivity index (χ0v) is 12.4. The Bertz CT molecular complexity index is 301. The van der Waals surface area contributed by atoms with Gasteiger partial charge >= 0.3 is 0 Å². The summed E-state index contributed by atoms with van der Waals surface area (Å²) in [5.41, 5.74) is 0. The first-order valence-corrected chi connectivity index (χ1v) is 9.30. The molecule has 0 aromatic rings. The molecule has 1 heterocycles. The molecule has 1 aliphatic heterocycles. The molecular formula is C11H24N2O2S2. The smallest absolute Gasteiger partial charge is 0.211 e. The van der Waals surface area contributed by atoms with Crippen LogP contribution in [0.15, 0.2) is 0 Å². The number of thioether (sulfide) groups is 1. The summed E-state index contributed by atoms with van der Waals surface area (Å²) in [7, 11) is -3.11. The number of rotatable bonds is 7. The van der Waals surface area contributed by atoms with Crippen molar-refractivity contribution >= 4 is 21.8 Å². The molecule has 2 N–H and O–H groups in total. The molecule has 4 nitrogen and oxygen atoms in total. The highest BCUT2D eigenvalue weighted by Crippen LogP contribution is 2.11. The van der Waals surface area contributed by atoms with Crippen LogP contribution in [0.5, 0.6) is 0 Å². The largest absolute Gasteiger partial charge is 0.314 e. The lowest BCUT2D eigenvalue weighted by Crippen LogP contribution is -2.39. The summed E-state index contributed by atoms with van der Waals surface area (Å²) < 4.78 is 26.3. The molecule has 0 spiro atoms. The third-order valence-electron chi connectivity index (χ3n) is 2.94. The molecule has 6 heteroatoms. The maximum atomic E-state index is 11.8. The number of hydrogen-bond acceptors (Lipinski definition) is 4. The van der Waals surface area contributed by atoms with Gasteiger partial charge in [0.25, 0.3) is 0 Å². The standard InChI is InChI=1S/C11H24N2O2S2/c1-10(9-16-2)13-17(14,15)8-6-11-5-3-4-7-12-11/h10-13H,3-9H2,1-2H3. The highest BCUT2D eigenvalue weighted by Gasteiger charge is 2.18. The van der Waals surface area contributed by atoms with Gasteiger partial charge in [-0.1, -0.05) is 6.42 Å². The van der Waals surface area contributed by atoms with E-state index in [1.807, 2.05) is 13.2 Å². The first kappa shape index (κ1) is 15.3. The highest BCUT2D eigenvalue weighted by atomic mass is 32.2. The van der Waals surface area contributed by atoms with Crippen molar-refractivity contribution in [3.63, 3.8) is 0 Å². The van der Waals surface area contributed by atoms with E-state index in [4.69, 9.17) is 0 Å². The van der Waals surface area contributed by atoms with Crippen molar-refractivity contribution in [2.75, 3.05) is 24.3 Å². The Morgan fingerprint density at radius 3 is 2.82 bits per heavy atom. The third kappa shape index (κ3) is 6.64. The molecule has 0 saturated carbocycles. The fraction of sp³-hybridized carbons (Fsp3) is 1.00. The summed E-state index contributed by atoms with van der Waals surface area (Å²) in [6.45, 7) is 2.94. The molecule has 0 aromatic carbocycles. The lowest BCUT2D eigenvalue weighted by molar-refractivity contribution is 0.392. The molecule has 1 fully saturated rings. The van der Waals surface area contributed by atoms with Gasteiger partial charge < -0.3 is 5.32 Å². The summed E-state index contributed by atoms with van der Waals surface area (Å²) in [6.07, 6.45) is 6.24. The normalized spacial score (nSPS) is 23.5. The van der Waals surface area contributed by atoms with Crippen molar-refractivity contribution < 1.29 is 8.42 Å². The van der Waals surface area contributed by atoms with Gasteiger partial charge in [-0.2, -0.15) is 11.8 Å². The van der Waals surface area contributed by atoms with E-state index < -0.39 is 10.0 Å². The van der Waals surface area contributed by atoms with Gasteiger partial charge in [0.2, 0.25) is 10.0 Å². The molecular weight excluding hydrogens is 256 g/mol. The van der Waals surface area contributed by atoms with Gasteiger partial charge in [-0.25, -0.2) is 13.1 Å². The molecule has 1 saturated heterocycles. The van der Waals surface area contributed by atoms with Crippen LogP contribution in [0.25, 0.3) is 0 Å². The quantitative estimate of drug-likeness (QED) is 0.735. The van der Waals surface area contributed by atoms with E-state index in [2.05, 4.69) is 10.0 Å². The van der Waals surface area contributed by atoms with Crippen LogP contribution in [0, 0.1) is 0 Å². The van der Waals surface area contributed by atoms with Crippen molar-refractivity contribution in [2.24, 2.45) is 0 Å². The minimum absolute atomic E-state index is 0.0225. The SMILES string of the molecule is CSCC(C)NS(=O)(=O)CCC1CCCCN1. The number of piperidine rings is 1. The van der Waals surface area contributed by atoms with Crippen molar-refractivity contribution in [3.05, 3.63) is 0 Å². The van der Waals surface area contributed by atoms with Crippen LogP contribution in [-0.2, 0) is 10.0 Å². The van der Waals surface area contributed by atoms with E-state index in [-0.39, 0.29) is 11.8 Å². The Balaban J connectivity index is 2.28. The molecule has 0 aliphatic carbocycles. The number of hydrogen-bond donors (Lipinski definition) is 2. The second-order valence-electron chi connectivity index (χ2n) is 4.73. The number of nitrogens with one attached hydrogen (secondary N) is 2. The van der Waals surface area contributed by atoms with E-state index in [9.17, 15) is 8.42 Å². The van der Waals surface area contributed by atoms with Crippen molar-refractivity contribution in [1.29, 1.82) is 0 Å². The summed E-state index contributed by atoms with van der Waals surface area (Å²) in [5, 5.41) is 3.37. The van der Waals surface area contributed by atoms with E-state index in [1.165, 1.54) is 12.8 Å². The molecule has 2 unspecified atom stereocenters. The van der Waals surface area contributed by atoms with Gasteiger partial charge in [0.15, 0.2) is 0 Å². The van der Waals surface area contributed by atoms with Crippen LogP contribution in [0.4, 0.5) is 0 Å². The first-order valence-electron chi connectivity index (χ1n) is 6.26. The Morgan fingerprint density at radius 2 is 2.24 bits per heavy atom. The van der Waals surface area contributed by atoms with Crippen LogP contribution in [0.3, 0.4) is 0 Å². The predicted octanol–water partition coefficient (Wildman–Crippen LogP) is 1.19. The Labute approximate surface area is 109 Å². The van der Waals surface area contributed by atoms with Gasteiger partial charge in [0.05, 0.1) is 5.75 Å². The molecule has 0 amide bonds. The zero-order chi connectivity index (χ0) is 12.7. The Hall–Kier alpha value is 0.220. The molecule has 17 heavy (non-hydrogen) atoms. The maximum Gasteiger partial charge on any atom is 0.211 e. The maximum absolute atomic E-state index is 11.8. The Morgan fingerprint density at radius 1 is 1.47 bits per heavy atom. The molecule has 1 rings (SSSR count). The van der Waals surface area contributed by atoms with Crippen LogP contribution in [0.1, 0.15) is 32.6 Å². The highest BCUT2D eigenvalue weighted by molar-refractivity contribution is 7.98. The van der Waals surface area contributed by atoms with E-state index >= 15 is 0 Å². The van der Waals surface area contributed by atoms with Crippen molar-refractivity contribution in [2.45, 2.75) is 44.7 Å². The summed E-state index contributed by atoms with van der Waals surface area (Å²) in [4.78, 5) is 0. The van der Waals surface area contributed by atoms with Crippen LogP contribution >= 0.6 is 11.8 Å². The lowest BCUT2D eigenvalue weighted by atomic mass is 10.0. The van der Waals surface area contributed by atoms with Crippen LogP contribution in [-0.4, -0.2) is 44.8 Å². The second-order valence-corrected chi connectivity index (χ2v) is 7.51. The summed E-state index contributed by atoms with van der Waals surface area (Å²) >= 11 is 1.66. The third-order valence-corrected chi connectivity index (χ3v) is 5.31. The van der Waals surface area contributed by atoms with Crippen molar-refractivity contribution in [1.82, 2.24) is 10.0 Å². The van der Waals surface area contributed by atoms with E-state index in [0.29, 0.717) is 6.04 Å². The van der Waals surface area contributed by atoms with Gasteiger partial charge in [-0.3, -0.25) is 0 Å². The first-order chi connectivity index (χ1) is 8.03. The molecule has 2 atom stereocenters. The monoisotopic (exact) mass is 280 g/mol. The topological polar surface area (TPSA) is 58.2 Å². The van der Waals surface area contributed by atoms with Crippen LogP contribution in [0.2, 0.25) is 0 Å². The van der Waals surface area contributed by atoms with E-state index in [0.717, 1.165) is 25.1 Å². The van der Waals surface area contributed by atoms with Crippen LogP contribution < -0.4 is 10.0 Å². The minimum atomic E-state index is -3.11. The minimum Gasteiger partial charge on any atom is -0.314 e. The zero-order valence-electron chi connectivity index (χ0n) is 10.7. The lowest BCUT2D eigenvalue weighted by Gasteiger charge is -2.23. The van der Waals surface area contributed by atoms with Crippen molar-refractivity contribution in [3.8, 4) is 0 Å². The summed E-state index contributed by atoms with van der Waals surface area (Å²) in [6, 6.07) is 0.408. The van der Waals surface area contributed by atoms with Gasteiger partial charge in [-0.05, 0) is 39.0 Å². The van der Waals surface area contributed by atoms with E-state index in [1.54, 1.807) is 11.8 Å². The average Bonchev–Trinajstić information content (AvgIpc) is 2.27. The average molecular weight is 280 g/mol. The molecule has 0 radical (unpaired) electrons. The summed E-state index contributed by atoms with van der Waals surface area (Å²) in [5.74, 6) is 1.06. The fourth-order valence-electron chi connectivity index (χ4n) is 2.12. The predicted molar refractivity (Wildman–Crippen MR) is 75.0 cm³/mol. The van der Waals surface area contributed by atoms with Gasteiger partial charge in [-0.15, -0.1) is 0 Å². The number of sulfonamides is 1. The van der Waals surface area contributed by atoms with Gasteiger partial charge in [0, 0.05) is 17.8 Å². The molecule has 1 aliphatic rings.